The zero-order valence-corrected chi connectivity index (χ0v) is 25.9. The molecule has 2 fully saturated rings. The minimum absolute atomic E-state index is 0.341. The van der Waals surface area contributed by atoms with Gasteiger partial charge in [0.1, 0.15) is 6.04 Å². The van der Waals surface area contributed by atoms with E-state index in [4.69, 9.17) is 4.74 Å². The van der Waals surface area contributed by atoms with Gasteiger partial charge in [0.25, 0.3) is 5.91 Å². The van der Waals surface area contributed by atoms with Crippen LogP contribution in [0.5, 0.6) is 0 Å². The molecule has 2 aromatic rings. The number of ether oxygens (including phenoxy) is 1. The third kappa shape index (κ3) is 8.59. The second kappa shape index (κ2) is 15.8. The molecule has 6 nitrogen and oxygen atoms in total. The van der Waals surface area contributed by atoms with Crippen LogP contribution in [0.15, 0.2) is 42.5 Å². The van der Waals surface area contributed by atoms with Crippen molar-refractivity contribution in [3.8, 4) is 11.1 Å². The predicted molar refractivity (Wildman–Crippen MR) is 169 cm³/mol. The highest BCUT2D eigenvalue weighted by molar-refractivity contribution is 7.98. The van der Waals surface area contributed by atoms with Gasteiger partial charge in [0, 0.05) is 24.2 Å². The summed E-state index contributed by atoms with van der Waals surface area (Å²) < 4.78 is 6.46. The van der Waals surface area contributed by atoms with Crippen LogP contribution in [0.25, 0.3) is 11.1 Å². The number of benzene rings is 2. The third-order valence-corrected chi connectivity index (χ3v) is 9.46. The van der Waals surface area contributed by atoms with E-state index >= 15 is 0 Å². The summed E-state index contributed by atoms with van der Waals surface area (Å²) in [6.45, 7) is 5.92. The lowest BCUT2D eigenvalue weighted by atomic mass is 9.93. The number of carboxylic acid groups (broad SMARTS) is 1. The summed E-state index contributed by atoms with van der Waals surface area (Å²) >= 11 is 1.58. The SMILES string of the molecule is CCCC1CCC(COC2CCCCC2)N1Cc1ccc(C(=O)N[C@@H](CCSC)C(=O)O)c(-c2ccccc2C)c1. The van der Waals surface area contributed by atoms with Crippen LogP contribution in [-0.4, -0.2) is 64.7 Å². The molecule has 1 aliphatic carbocycles. The number of aryl methyl sites for hydroxylation is 1. The van der Waals surface area contributed by atoms with Gasteiger partial charge >= 0.3 is 5.97 Å². The minimum Gasteiger partial charge on any atom is -0.480 e. The molecule has 7 heteroatoms. The number of aliphatic carboxylic acids is 1. The number of likely N-dealkylation sites (tertiary alicyclic amines) is 1. The lowest BCUT2D eigenvalue weighted by Gasteiger charge is -2.32. The van der Waals surface area contributed by atoms with Crippen LogP contribution in [-0.2, 0) is 16.1 Å². The predicted octanol–water partition coefficient (Wildman–Crippen LogP) is 7.08. The maximum absolute atomic E-state index is 13.5. The average Bonchev–Trinajstić information content (AvgIpc) is 3.35. The van der Waals surface area contributed by atoms with Crippen molar-refractivity contribution in [2.24, 2.45) is 0 Å². The number of amides is 1. The zero-order chi connectivity index (χ0) is 29.2. The van der Waals surface area contributed by atoms with E-state index in [1.54, 1.807) is 11.8 Å². The number of nitrogens with zero attached hydrogens (tertiary/aromatic N) is 1. The second-order valence-corrected chi connectivity index (χ2v) is 12.8. The van der Waals surface area contributed by atoms with Crippen molar-refractivity contribution in [2.45, 2.75) is 109 Å². The quantitative estimate of drug-likeness (QED) is 0.249. The van der Waals surface area contributed by atoms with Gasteiger partial charge in [-0.2, -0.15) is 11.8 Å². The molecule has 0 bridgehead atoms. The minimum atomic E-state index is -1.00. The van der Waals surface area contributed by atoms with Crippen molar-refractivity contribution < 1.29 is 19.4 Å². The van der Waals surface area contributed by atoms with Crippen LogP contribution in [0, 0.1) is 6.92 Å². The molecule has 2 aliphatic rings. The Morgan fingerprint density at radius 3 is 2.51 bits per heavy atom. The second-order valence-electron chi connectivity index (χ2n) is 11.8. The van der Waals surface area contributed by atoms with Crippen molar-refractivity contribution in [1.29, 1.82) is 0 Å². The molecule has 4 rings (SSSR count). The molecule has 2 aromatic carbocycles. The fourth-order valence-electron chi connectivity index (χ4n) is 6.50. The summed E-state index contributed by atoms with van der Waals surface area (Å²) in [6.07, 6.45) is 13.7. The molecule has 1 saturated heterocycles. The average molecular weight is 581 g/mol. The third-order valence-electron chi connectivity index (χ3n) is 8.81. The van der Waals surface area contributed by atoms with Crippen molar-refractivity contribution in [1.82, 2.24) is 10.2 Å². The number of carbonyl (C=O) groups excluding carboxylic acids is 1. The van der Waals surface area contributed by atoms with Crippen LogP contribution < -0.4 is 5.32 Å². The number of nitrogens with one attached hydrogen (secondary N) is 1. The molecule has 2 N–H and O–H groups in total. The molecule has 1 amide bonds. The molecule has 0 aromatic heterocycles. The molecule has 2 unspecified atom stereocenters. The summed E-state index contributed by atoms with van der Waals surface area (Å²) in [5.41, 5.74) is 4.62. The van der Waals surface area contributed by atoms with Crippen LogP contribution >= 0.6 is 11.8 Å². The first kappa shape index (κ1) is 31.6. The van der Waals surface area contributed by atoms with Crippen LogP contribution in [0.4, 0.5) is 0 Å². The number of thioether (sulfide) groups is 1. The number of hydrogen-bond donors (Lipinski definition) is 2. The topological polar surface area (TPSA) is 78.9 Å². The van der Waals surface area contributed by atoms with Crippen molar-refractivity contribution in [3.63, 3.8) is 0 Å². The molecule has 1 aliphatic heterocycles. The fourth-order valence-corrected chi connectivity index (χ4v) is 6.97. The Balaban J connectivity index is 1.59. The van der Waals surface area contributed by atoms with E-state index in [1.165, 1.54) is 50.5 Å². The van der Waals surface area contributed by atoms with E-state index in [0.717, 1.165) is 42.7 Å². The van der Waals surface area contributed by atoms with Crippen molar-refractivity contribution in [3.05, 3.63) is 59.2 Å². The van der Waals surface area contributed by atoms with E-state index in [1.807, 2.05) is 30.5 Å². The lowest BCUT2D eigenvalue weighted by molar-refractivity contribution is -0.139. The van der Waals surface area contributed by atoms with Crippen LogP contribution in [0.3, 0.4) is 0 Å². The normalized spacial score (nSPS) is 20.7. The Hall–Kier alpha value is -2.35. The van der Waals surface area contributed by atoms with Gasteiger partial charge in [-0.3, -0.25) is 9.69 Å². The van der Waals surface area contributed by atoms with Crippen LogP contribution in [0.1, 0.15) is 92.6 Å². The smallest absolute Gasteiger partial charge is 0.326 e. The molecule has 3 atom stereocenters. The Labute approximate surface area is 250 Å². The Morgan fingerprint density at radius 2 is 1.80 bits per heavy atom. The number of carboxylic acids is 1. The Kier molecular flexibility index (Phi) is 12.1. The van der Waals surface area contributed by atoms with Crippen molar-refractivity contribution in [2.75, 3.05) is 18.6 Å². The first-order valence-corrected chi connectivity index (χ1v) is 16.9. The number of rotatable bonds is 14. The molecule has 224 valence electrons. The number of carbonyl (C=O) groups is 2. The summed E-state index contributed by atoms with van der Waals surface area (Å²) in [6, 6.07) is 14.2. The van der Waals surface area contributed by atoms with Crippen molar-refractivity contribution >= 4 is 23.6 Å². The van der Waals surface area contributed by atoms with E-state index in [0.29, 0.717) is 35.9 Å². The molecular weight excluding hydrogens is 532 g/mol. The van der Waals surface area contributed by atoms with Gasteiger partial charge in [-0.1, -0.05) is 62.9 Å². The monoisotopic (exact) mass is 580 g/mol. The fraction of sp³-hybridized carbons (Fsp3) is 0.588. The van der Waals surface area contributed by atoms with Gasteiger partial charge in [0.2, 0.25) is 0 Å². The molecule has 41 heavy (non-hydrogen) atoms. The van der Waals surface area contributed by atoms with Gasteiger partial charge in [0.05, 0.1) is 12.7 Å². The van der Waals surface area contributed by atoms with E-state index in [9.17, 15) is 14.7 Å². The van der Waals surface area contributed by atoms with Gasteiger partial charge in [-0.15, -0.1) is 0 Å². The summed E-state index contributed by atoms with van der Waals surface area (Å²) in [4.78, 5) is 28.0. The Morgan fingerprint density at radius 1 is 1.05 bits per heavy atom. The largest absolute Gasteiger partial charge is 0.480 e. The highest BCUT2D eigenvalue weighted by Gasteiger charge is 2.34. The summed E-state index contributed by atoms with van der Waals surface area (Å²) in [5.74, 6) is -0.674. The summed E-state index contributed by atoms with van der Waals surface area (Å²) in [7, 11) is 0. The lowest BCUT2D eigenvalue weighted by Crippen LogP contribution is -2.41. The molecule has 1 saturated carbocycles. The molecular formula is C34H48N2O4S. The Bertz CT molecular complexity index is 1150. The molecule has 1 heterocycles. The maximum atomic E-state index is 13.5. The molecule has 0 spiro atoms. The first-order chi connectivity index (χ1) is 19.9. The van der Waals surface area contributed by atoms with Gasteiger partial charge in [0.15, 0.2) is 0 Å². The molecule has 0 radical (unpaired) electrons. The van der Waals surface area contributed by atoms with Gasteiger partial charge < -0.3 is 15.2 Å². The standard InChI is InChI=1S/C34H48N2O4S/c1-4-10-26-16-17-27(23-40-28-12-6-5-7-13-28)36(26)22-25-15-18-30(31(21-25)29-14-9-8-11-24(29)2)33(37)35-32(34(38)39)19-20-41-3/h8-9,11,14-15,18,21,26-28,32H,4-7,10,12-13,16-17,19-20,22-23H2,1-3H3,(H,35,37)(H,38,39)/t26?,27?,32-/m0/s1. The highest BCUT2D eigenvalue weighted by atomic mass is 32.2. The maximum Gasteiger partial charge on any atom is 0.326 e. The number of hydrogen-bond acceptors (Lipinski definition) is 5. The highest BCUT2D eigenvalue weighted by Crippen LogP contribution is 2.33. The van der Waals surface area contributed by atoms with E-state index < -0.39 is 12.0 Å². The van der Waals surface area contributed by atoms with Gasteiger partial charge in [-0.05, 0) is 91.8 Å². The zero-order valence-electron chi connectivity index (χ0n) is 25.1. The summed E-state index contributed by atoms with van der Waals surface area (Å²) in [5, 5.41) is 12.5. The first-order valence-electron chi connectivity index (χ1n) is 15.5. The van der Waals surface area contributed by atoms with Gasteiger partial charge in [-0.25, -0.2) is 4.79 Å². The van der Waals surface area contributed by atoms with Crippen LogP contribution in [0.2, 0.25) is 0 Å². The van der Waals surface area contributed by atoms with E-state index in [-0.39, 0.29) is 5.91 Å². The van der Waals surface area contributed by atoms with E-state index in [2.05, 4.69) is 42.3 Å².